The molecule has 0 saturated carbocycles. The van der Waals surface area contributed by atoms with E-state index in [0.717, 1.165) is 6.07 Å². The van der Waals surface area contributed by atoms with Gasteiger partial charge in [0.2, 0.25) is 0 Å². The van der Waals surface area contributed by atoms with Crippen molar-refractivity contribution >= 4 is 23.8 Å². The second-order valence-corrected chi connectivity index (χ2v) is 4.42. The number of nitrogens with zero attached hydrogens (tertiary/aromatic N) is 2. The highest BCUT2D eigenvalue weighted by molar-refractivity contribution is 7.71. The number of halogens is 4. The van der Waals surface area contributed by atoms with Gasteiger partial charge in [-0.3, -0.25) is 14.5 Å². The lowest BCUT2D eigenvalue weighted by Crippen LogP contribution is -2.17. The average Bonchev–Trinajstić information content (AvgIpc) is 2.57. The van der Waals surface area contributed by atoms with E-state index in [0.29, 0.717) is 10.7 Å². The fraction of sp³-hybridized carbons (Fsp3) is 0.222. The van der Waals surface area contributed by atoms with Crippen molar-refractivity contribution in [3.63, 3.8) is 0 Å². The molecule has 0 aliphatic heterocycles. The van der Waals surface area contributed by atoms with E-state index in [-0.39, 0.29) is 22.2 Å². The van der Waals surface area contributed by atoms with Crippen LogP contribution in [0.4, 0.5) is 13.2 Å². The summed E-state index contributed by atoms with van der Waals surface area (Å²) < 4.78 is 38.8. The molecule has 102 valence electrons. The van der Waals surface area contributed by atoms with Crippen molar-refractivity contribution in [2.45, 2.75) is 12.7 Å². The van der Waals surface area contributed by atoms with Crippen LogP contribution in [0, 0.1) is 4.77 Å². The molecule has 5 nitrogen and oxygen atoms in total. The molecule has 0 spiro atoms. The summed E-state index contributed by atoms with van der Waals surface area (Å²) in [4.78, 5) is 16.0. The van der Waals surface area contributed by atoms with Crippen molar-refractivity contribution in [2.75, 3.05) is 0 Å². The normalized spacial score (nSPS) is 11.8. The van der Waals surface area contributed by atoms with E-state index in [2.05, 4.69) is 15.1 Å². The summed E-state index contributed by atoms with van der Waals surface area (Å²) >= 11 is 10.2. The number of H-pyrrole nitrogens is 2. The molecular formula is C9H6ClF3N4OS. The van der Waals surface area contributed by atoms with Gasteiger partial charge in [-0.15, -0.1) is 0 Å². The van der Waals surface area contributed by atoms with Gasteiger partial charge in [0.15, 0.2) is 9.92 Å². The maximum Gasteiger partial charge on any atom is 0.433 e. The number of alkyl halides is 3. The summed E-state index contributed by atoms with van der Waals surface area (Å²) in [5, 5.41) is 3.25. The quantitative estimate of drug-likeness (QED) is 0.837. The zero-order valence-electron chi connectivity index (χ0n) is 9.08. The number of hydrogen-bond acceptors (Lipinski definition) is 3. The second-order valence-electron chi connectivity index (χ2n) is 3.62. The Bertz CT molecular complexity index is 689. The third-order valence-corrected chi connectivity index (χ3v) is 2.57. The fourth-order valence-corrected chi connectivity index (χ4v) is 1.93. The Morgan fingerprint density at radius 3 is 2.63 bits per heavy atom. The van der Waals surface area contributed by atoms with Crippen molar-refractivity contribution in [2.24, 2.45) is 0 Å². The SMILES string of the molecule is O=c1cc(Cn2nc(Cl)cc2C(F)(F)F)[nH]c(=S)[nH]1. The number of rotatable bonds is 2. The standard InChI is InChI=1S/C9H6ClF3N4OS/c10-6-2-5(9(11,12)13)17(16-6)3-4-1-7(18)15-8(19)14-4/h1-2H,3H2,(H2,14,15,18,19). The van der Waals surface area contributed by atoms with Gasteiger partial charge in [-0.2, -0.15) is 18.3 Å². The molecule has 0 aliphatic rings. The Kier molecular flexibility index (Phi) is 3.50. The van der Waals surface area contributed by atoms with E-state index in [1.807, 2.05) is 0 Å². The van der Waals surface area contributed by atoms with Gasteiger partial charge in [0.25, 0.3) is 5.56 Å². The van der Waals surface area contributed by atoms with Gasteiger partial charge in [0.05, 0.1) is 6.54 Å². The van der Waals surface area contributed by atoms with Crippen molar-refractivity contribution < 1.29 is 13.2 Å². The molecule has 2 aromatic rings. The lowest BCUT2D eigenvalue weighted by Gasteiger charge is -2.09. The minimum Gasteiger partial charge on any atom is -0.334 e. The van der Waals surface area contributed by atoms with Gasteiger partial charge in [-0.1, -0.05) is 11.6 Å². The number of nitrogens with one attached hydrogen (secondary N) is 2. The van der Waals surface area contributed by atoms with E-state index in [1.54, 1.807) is 0 Å². The van der Waals surface area contributed by atoms with E-state index < -0.39 is 17.4 Å². The summed E-state index contributed by atoms with van der Waals surface area (Å²) in [5.41, 5.74) is -1.32. The molecule has 2 heterocycles. The summed E-state index contributed by atoms with van der Waals surface area (Å²) in [6, 6.07) is 1.81. The molecule has 0 radical (unpaired) electrons. The van der Waals surface area contributed by atoms with Crippen LogP contribution >= 0.6 is 23.8 Å². The molecule has 10 heteroatoms. The van der Waals surface area contributed by atoms with Crippen LogP contribution in [-0.4, -0.2) is 19.7 Å². The minimum absolute atomic E-state index is 0.0225. The van der Waals surface area contributed by atoms with Gasteiger partial charge in [-0.25, -0.2) is 0 Å². The number of aromatic nitrogens is 4. The van der Waals surface area contributed by atoms with Gasteiger partial charge in [0, 0.05) is 17.8 Å². The molecule has 2 N–H and O–H groups in total. The molecule has 2 aromatic heterocycles. The molecule has 0 bridgehead atoms. The third kappa shape index (κ3) is 3.24. The van der Waals surface area contributed by atoms with Crippen LogP contribution in [0.15, 0.2) is 16.9 Å². The molecular weight excluding hydrogens is 305 g/mol. The predicted octanol–water partition coefficient (Wildman–Crippen LogP) is 2.35. The number of aromatic amines is 2. The molecule has 0 unspecified atom stereocenters. The maximum absolute atomic E-state index is 12.7. The monoisotopic (exact) mass is 310 g/mol. The Morgan fingerprint density at radius 1 is 1.37 bits per heavy atom. The van der Waals surface area contributed by atoms with Crippen LogP contribution < -0.4 is 5.56 Å². The Hall–Kier alpha value is -1.61. The Morgan fingerprint density at radius 2 is 2.05 bits per heavy atom. The van der Waals surface area contributed by atoms with Crippen molar-refractivity contribution in [3.8, 4) is 0 Å². The first kappa shape index (κ1) is 13.8. The Labute approximate surface area is 114 Å². The topological polar surface area (TPSA) is 66.5 Å². The summed E-state index contributed by atoms with van der Waals surface area (Å²) in [6.45, 7) is -0.297. The minimum atomic E-state index is -4.59. The zero-order chi connectivity index (χ0) is 14.2. The van der Waals surface area contributed by atoms with Gasteiger partial charge in [-0.05, 0) is 12.2 Å². The zero-order valence-corrected chi connectivity index (χ0v) is 10.7. The fourth-order valence-electron chi connectivity index (χ4n) is 1.50. The van der Waals surface area contributed by atoms with E-state index in [1.165, 1.54) is 0 Å². The van der Waals surface area contributed by atoms with Gasteiger partial charge < -0.3 is 4.98 Å². The molecule has 19 heavy (non-hydrogen) atoms. The van der Waals surface area contributed by atoms with Crippen molar-refractivity contribution in [1.82, 2.24) is 19.7 Å². The number of hydrogen-bond donors (Lipinski definition) is 2. The Balaban J connectivity index is 2.44. The summed E-state index contributed by atoms with van der Waals surface area (Å²) in [6.07, 6.45) is -4.59. The lowest BCUT2D eigenvalue weighted by atomic mass is 10.3. The highest BCUT2D eigenvalue weighted by Crippen LogP contribution is 2.31. The maximum atomic E-state index is 12.7. The first-order chi connectivity index (χ1) is 8.75. The smallest absolute Gasteiger partial charge is 0.334 e. The molecule has 0 fully saturated rings. The molecule has 0 atom stereocenters. The molecule has 0 aliphatic carbocycles. The van der Waals surface area contributed by atoms with Gasteiger partial charge >= 0.3 is 6.18 Å². The van der Waals surface area contributed by atoms with Crippen LogP contribution in [0.1, 0.15) is 11.4 Å². The average molecular weight is 311 g/mol. The largest absolute Gasteiger partial charge is 0.433 e. The second kappa shape index (κ2) is 4.82. The molecule has 0 aromatic carbocycles. The lowest BCUT2D eigenvalue weighted by molar-refractivity contribution is -0.144. The highest BCUT2D eigenvalue weighted by atomic mass is 35.5. The van der Waals surface area contributed by atoms with E-state index >= 15 is 0 Å². The summed E-state index contributed by atoms with van der Waals surface area (Å²) in [5.74, 6) is 0. The molecule has 0 saturated heterocycles. The third-order valence-electron chi connectivity index (χ3n) is 2.18. The van der Waals surface area contributed by atoms with Gasteiger partial charge in [0.1, 0.15) is 5.69 Å². The summed E-state index contributed by atoms with van der Waals surface area (Å²) in [7, 11) is 0. The first-order valence-corrected chi connectivity index (χ1v) is 5.67. The van der Waals surface area contributed by atoms with E-state index in [4.69, 9.17) is 23.8 Å². The predicted molar refractivity (Wildman–Crippen MR) is 63.6 cm³/mol. The van der Waals surface area contributed by atoms with Crippen LogP contribution in [0.5, 0.6) is 0 Å². The first-order valence-electron chi connectivity index (χ1n) is 4.89. The van der Waals surface area contributed by atoms with Crippen molar-refractivity contribution in [1.29, 1.82) is 0 Å². The van der Waals surface area contributed by atoms with Crippen LogP contribution in [0.2, 0.25) is 5.15 Å². The van der Waals surface area contributed by atoms with Crippen LogP contribution in [-0.2, 0) is 12.7 Å². The molecule has 2 rings (SSSR count). The van der Waals surface area contributed by atoms with Crippen LogP contribution in [0.25, 0.3) is 0 Å². The van der Waals surface area contributed by atoms with Crippen molar-refractivity contribution in [3.05, 3.63) is 43.8 Å². The van der Waals surface area contributed by atoms with E-state index in [9.17, 15) is 18.0 Å². The molecule has 0 amide bonds. The highest BCUT2D eigenvalue weighted by Gasteiger charge is 2.35. The van der Waals surface area contributed by atoms with Crippen LogP contribution in [0.3, 0.4) is 0 Å².